The van der Waals surface area contributed by atoms with Crippen molar-refractivity contribution in [3.8, 4) is 0 Å². The van der Waals surface area contributed by atoms with Crippen molar-refractivity contribution >= 4 is 5.91 Å². The third-order valence-corrected chi connectivity index (χ3v) is 1.26. The molecule has 0 saturated heterocycles. The normalized spacial score (nSPS) is 14.3. The molecular formula is C6H11F3N2O. The van der Waals surface area contributed by atoms with Crippen molar-refractivity contribution < 1.29 is 18.0 Å². The van der Waals surface area contributed by atoms with E-state index >= 15 is 0 Å². The molecule has 4 N–H and O–H groups in total. The van der Waals surface area contributed by atoms with Gasteiger partial charge in [-0.05, 0) is 6.42 Å². The first-order valence-electron chi connectivity index (χ1n) is 3.42. The maximum absolute atomic E-state index is 11.6. The molecule has 0 spiro atoms. The Kier molecular flexibility index (Phi) is 4.02. The van der Waals surface area contributed by atoms with Crippen LogP contribution in [0.25, 0.3) is 0 Å². The van der Waals surface area contributed by atoms with Crippen molar-refractivity contribution in [1.29, 1.82) is 0 Å². The van der Waals surface area contributed by atoms with Crippen LogP contribution in [0, 0.1) is 0 Å². The fourth-order valence-corrected chi connectivity index (χ4v) is 0.710. The minimum absolute atomic E-state index is 0.198. The zero-order valence-electron chi connectivity index (χ0n) is 6.40. The topological polar surface area (TPSA) is 69.1 Å². The molecular weight excluding hydrogens is 173 g/mol. The molecule has 0 heterocycles. The van der Waals surface area contributed by atoms with Gasteiger partial charge in [-0.2, -0.15) is 13.2 Å². The Morgan fingerprint density at radius 3 is 2.25 bits per heavy atom. The van der Waals surface area contributed by atoms with E-state index in [1.807, 2.05) is 0 Å². The first-order chi connectivity index (χ1) is 5.31. The lowest BCUT2D eigenvalue weighted by atomic mass is 10.1. The van der Waals surface area contributed by atoms with E-state index in [1.54, 1.807) is 0 Å². The van der Waals surface area contributed by atoms with E-state index in [4.69, 9.17) is 11.5 Å². The third kappa shape index (κ3) is 7.33. The number of alkyl halides is 3. The van der Waals surface area contributed by atoms with Crippen molar-refractivity contribution in [2.45, 2.75) is 31.5 Å². The minimum Gasteiger partial charge on any atom is -0.370 e. The van der Waals surface area contributed by atoms with Crippen LogP contribution in [-0.2, 0) is 4.79 Å². The van der Waals surface area contributed by atoms with E-state index < -0.39 is 24.5 Å². The molecule has 1 unspecified atom stereocenters. The van der Waals surface area contributed by atoms with Gasteiger partial charge in [0.05, 0.1) is 0 Å². The van der Waals surface area contributed by atoms with Gasteiger partial charge in [0.2, 0.25) is 5.91 Å². The zero-order chi connectivity index (χ0) is 9.78. The molecule has 0 bridgehead atoms. The van der Waals surface area contributed by atoms with E-state index in [9.17, 15) is 18.0 Å². The summed E-state index contributed by atoms with van der Waals surface area (Å²) < 4.78 is 34.7. The van der Waals surface area contributed by atoms with Gasteiger partial charge < -0.3 is 11.5 Å². The second kappa shape index (κ2) is 4.30. The summed E-state index contributed by atoms with van der Waals surface area (Å²) in [4.78, 5) is 10.2. The number of nitrogens with two attached hydrogens (primary N) is 2. The fourth-order valence-electron chi connectivity index (χ4n) is 0.710. The zero-order valence-corrected chi connectivity index (χ0v) is 6.40. The summed E-state index contributed by atoms with van der Waals surface area (Å²) in [6, 6.07) is -0.788. The largest absolute Gasteiger partial charge is 0.389 e. The van der Waals surface area contributed by atoms with Crippen LogP contribution in [0.4, 0.5) is 13.2 Å². The van der Waals surface area contributed by atoms with Crippen LogP contribution < -0.4 is 11.5 Å². The number of hydrogen-bond donors (Lipinski definition) is 2. The number of primary amides is 1. The van der Waals surface area contributed by atoms with Crippen LogP contribution >= 0.6 is 0 Å². The van der Waals surface area contributed by atoms with E-state index in [-0.39, 0.29) is 12.8 Å². The number of halogens is 3. The van der Waals surface area contributed by atoms with Crippen LogP contribution in [0.3, 0.4) is 0 Å². The van der Waals surface area contributed by atoms with Crippen molar-refractivity contribution in [3.63, 3.8) is 0 Å². The second-order valence-corrected chi connectivity index (χ2v) is 2.58. The molecule has 0 radical (unpaired) electrons. The van der Waals surface area contributed by atoms with E-state index in [2.05, 4.69) is 0 Å². The van der Waals surface area contributed by atoms with Crippen molar-refractivity contribution in [3.05, 3.63) is 0 Å². The van der Waals surface area contributed by atoms with Crippen LogP contribution in [0.15, 0.2) is 0 Å². The molecule has 1 atom stereocenters. The number of carbonyl (C=O) groups excluding carboxylic acids is 1. The molecule has 3 nitrogen and oxygen atoms in total. The Labute approximate surface area is 67.9 Å². The van der Waals surface area contributed by atoms with Gasteiger partial charge in [-0.25, -0.2) is 0 Å². The summed E-state index contributed by atoms with van der Waals surface area (Å²) in [6.45, 7) is 0. The summed E-state index contributed by atoms with van der Waals surface area (Å²) in [5.41, 5.74) is 9.91. The highest BCUT2D eigenvalue weighted by Crippen LogP contribution is 2.22. The Morgan fingerprint density at radius 2 is 1.92 bits per heavy atom. The molecule has 0 aromatic rings. The van der Waals surface area contributed by atoms with Gasteiger partial charge in [0.25, 0.3) is 0 Å². The quantitative estimate of drug-likeness (QED) is 0.669. The number of carbonyl (C=O) groups is 1. The molecule has 0 saturated carbocycles. The smallest absolute Gasteiger partial charge is 0.370 e. The highest BCUT2D eigenvalue weighted by molar-refractivity contribution is 5.74. The lowest BCUT2D eigenvalue weighted by Crippen LogP contribution is -2.28. The molecule has 0 fully saturated rings. The first-order valence-corrected chi connectivity index (χ1v) is 3.42. The molecule has 0 aromatic heterocycles. The Hall–Kier alpha value is -0.780. The SMILES string of the molecule is NC(=O)CC(N)CCC(F)(F)F. The van der Waals surface area contributed by atoms with Crippen molar-refractivity contribution in [1.82, 2.24) is 0 Å². The molecule has 72 valence electrons. The molecule has 0 rings (SSSR count). The van der Waals surface area contributed by atoms with Crippen molar-refractivity contribution in [2.75, 3.05) is 0 Å². The summed E-state index contributed by atoms with van der Waals surface area (Å²) in [5, 5.41) is 0. The standard InChI is InChI=1S/C6H11F3N2O/c7-6(8,9)2-1-4(10)3-5(11)12/h4H,1-3,10H2,(H2,11,12). The van der Waals surface area contributed by atoms with Gasteiger partial charge >= 0.3 is 6.18 Å². The lowest BCUT2D eigenvalue weighted by molar-refractivity contribution is -0.137. The molecule has 12 heavy (non-hydrogen) atoms. The number of hydrogen-bond acceptors (Lipinski definition) is 2. The summed E-state index contributed by atoms with van der Waals surface area (Å²) in [7, 11) is 0. The van der Waals surface area contributed by atoms with Crippen LogP contribution in [0.5, 0.6) is 0 Å². The monoisotopic (exact) mass is 184 g/mol. The summed E-state index contributed by atoms with van der Waals surface area (Å²) in [5.74, 6) is -0.676. The van der Waals surface area contributed by atoms with Gasteiger partial charge in [-0.1, -0.05) is 0 Å². The van der Waals surface area contributed by atoms with Gasteiger partial charge in [-0.15, -0.1) is 0 Å². The van der Waals surface area contributed by atoms with Gasteiger partial charge in [0.15, 0.2) is 0 Å². The van der Waals surface area contributed by atoms with Crippen LogP contribution in [-0.4, -0.2) is 18.1 Å². The third-order valence-electron chi connectivity index (χ3n) is 1.26. The molecule has 6 heteroatoms. The Morgan fingerprint density at radius 1 is 1.42 bits per heavy atom. The Balaban J connectivity index is 3.57. The lowest BCUT2D eigenvalue weighted by Gasteiger charge is -2.10. The maximum atomic E-state index is 11.6. The van der Waals surface area contributed by atoms with Gasteiger partial charge in [0, 0.05) is 18.9 Å². The highest BCUT2D eigenvalue weighted by atomic mass is 19.4. The van der Waals surface area contributed by atoms with Crippen molar-refractivity contribution in [2.24, 2.45) is 11.5 Å². The minimum atomic E-state index is -4.21. The number of amides is 1. The molecule has 0 aliphatic rings. The number of rotatable bonds is 4. The van der Waals surface area contributed by atoms with E-state index in [0.717, 1.165) is 0 Å². The van der Waals surface area contributed by atoms with E-state index in [0.29, 0.717) is 0 Å². The highest BCUT2D eigenvalue weighted by Gasteiger charge is 2.27. The maximum Gasteiger partial charge on any atom is 0.389 e. The van der Waals surface area contributed by atoms with E-state index in [1.165, 1.54) is 0 Å². The molecule has 1 amide bonds. The predicted molar refractivity (Wildman–Crippen MR) is 37.1 cm³/mol. The second-order valence-electron chi connectivity index (χ2n) is 2.58. The predicted octanol–water partition coefficient (Wildman–Crippen LogP) is 0.532. The van der Waals surface area contributed by atoms with Gasteiger partial charge in [0.1, 0.15) is 0 Å². The Bertz CT molecular complexity index is 157. The first kappa shape index (κ1) is 11.2. The average Bonchev–Trinajstić information content (AvgIpc) is 1.80. The van der Waals surface area contributed by atoms with Crippen LogP contribution in [0.1, 0.15) is 19.3 Å². The van der Waals surface area contributed by atoms with Gasteiger partial charge in [-0.3, -0.25) is 4.79 Å². The average molecular weight is 184 g/mol. The summed E-state index contributed by atoms with van der Waals surface area (Å²) >= 11 is 0. The fraction of sp³-hybridized carbons (Fsp3) is 0.833. The van der Waals surface area contributed by atoms with Crippen LogP contribution in [0.2, 0.25) is 0 Å². The molecule has 0 aromatic carbocycles. The summed E-state index contributed by atoms with van der Waals surface area (Å²) in [6.07, 6.45) is -5.64. The molecule has 0 aliphatic carbocycles. The molecule has 0 aliphatic heterocycles.